The first-order valence-corrected chi connectivity index (χ1v) is 10.4. The Morgan fingerprint density at radius 2 is 1.76 bits per heavy atom. The molecule has 0 unspecified atom stereocenters. The molecule has 3 aromatic rings. The van der Waals surface area contributed by atoms with Crippen LogP contribution in [0.15, 0.2) is 78.0 Å². The number of rotatable bonds is 8. The van der Waals surface area contributed by atoms with E-state index < -0.39 is 0 Å². The summed E-state index contributed by atoms with van der Waals surface area (Å²) >= 11 is 0. The molecule has 1 aliphatic rings. The summed E-state index contributed by atoms with van der Waals surface area (Å²) in [6.45, 7) is 5.20. The Morgan fingerprint density at radius 3 is 2.45 bits per heavy atom. The van der Waals surface area contributed by atoms with Crippen molar-refractivity contribution in [1.29, 1.82) is 0 Å². The highest BCUT2D eigenvalue weighted by molar-refractivity contribution is 5.79. The molecule has 5 heteroatoms. The first-order chi connectivity index (χ1) is 14.3. The topological polar surface area (TPSA) is 54.2 Å². The van der Waals surface area contributed by atoms with Gasteiger partial charge in [-0.05, 0) is 30.9 Å². The number of hydrogen-bond acceptors (Lipinski definition) is 2. The van der Waals surface area contributed by atoms with E-state index in [-0.39, 0.29) is 5.41 Å². The molecule has 0 spiro atoms. The van der Waals surface area contributed by atoms with Crippen molar-refractivity contribution in [3.05, 3.63) is 90.0 Å². The van der Waals surface area contributed by atoms with E-state index in [1.165, 1.54) is 24.0 Å². The molecule has 2 N–H and O–H groups in total. The summed E-state index contributed by atoms with van der Waals surface area (Å²) in [4.78, 5) is 9.31. The largest absolute Gasteiger partial charge is 0.357 e. The number of hydrogen-bond donors (Lipinski definition) is 2. The molecule has 1 saturated carbocycles. The Kier molecular flexibility index (Phi) is 5.94. The number of imidazole rings is 1. The summed E-state index contributed by atoms with van der Waals surface area (Å²) in [5, 5.41) is 6.92. The number of nitrogens with zero attached hydrogens (tertiary/aromatic N) is 3. The van der Waals surface area contributed by atoms with Gasteiger partial charge in [-0.1, -0.05) is 60.7 Å². The minimum Gasteiger partial charge on any atom is -0.357 e. The van der Waals surface area contributed by atoms with Crippen molar-refractivity contribution in [2.24, 2.45) is 4.99 Å². The lowest BCUT2D eigenvalue weighted by molar-refractivity contribution is 0.643. The van der Waals surface area contributed by atoms with Gasteiger partial charge in [0, 0.05) is 37.4 Å². The van der Waals surface area contributed by atoms with Crippen LogP contribution >= 0.6 is 0 Å². The molecule has 29 heavy (non-hydrogen) atoms. The predicted molar refractivity (Wildman–Crippen MR) is 118 cm³/mol. The van der Waals surface area contributed by atoms with E-state index in [0.717, 1.165) is 31.4 Å². The minimum atomic E-state index is 0.253. The summed E-state index contributed by atoms with van der Waals surface area (Å²) in [7, 11) is 0. The van der Waals surface area contributed by atoms with Crippen LogP contribution in [0, 0.1) is 0 Å². The Bertz CT molecular complexity index is 926. The highest BCUT2D eigenvalue weighted by atomic mass is 15.2. The molecule has 0 amide bonds. The van der Waals surface area contributed by atoms with Crippen LogP contribution in [0.3, 0.4) is 0 Å². The monoisotopic (exact) mass is 387 g/mol. The molecule has 2 aromatic carbocycles. The Labute approximate surface area is 172 Å². The first kappa shape index (κ1) is 19.2. The summed E-state index contributed by atoms with van der Waals surface area (Å²) in [6, 6.07) is 21.3. The predicted octanol–water partition coefficient (Wildman–Crippen LogP) is 3.72. The van der Waals surface area contributed by atoms with Crippen LogP contribution in [-0.4, -0.2) is 28.6 Å². The Hall–Kier alpha value is -3.08. The summed E-state index contributed by atoms with van der Waals surface area (Å²) in [5.74, 6) is 1.82. The highest BCUT2D eigenvalue weighted by Gasteiger charge is 2.43. The average Bonchev–Trinajstić information content (AvgIpc) is 3.44. The molecular weight excluding hydrogens is 358 g/mol. The van der Waals surface area contributed by atoms with Gasteiger partial charge in [-0.15, -0.1) is 0 Å². The van der Waals surface area contributed by atoms with E-state index in [1.54, 1.807) is 0 Å². The van der Waals surface area contributed by atoms with Crippen LogP contribution in [-0.2, 0) is 18.5 Å². The molecule has 150 valence electrons. The van der Waals surface area contributed by atoms with Gasteiger partial charge in [0.05, 0.1) is 0 Å². The molecule has 5 nitrogen and oxygen atoms in total. The van der Waals surface area contributed by atoms with Crippen LogP contribution in [0.1, 0.15) is 36.7 Å². The normalized spacial score (nSPS) is 15.1. The molecule has 1 aliphatic carbocycles. The summed E-state index contributed by atoms with van der Waals surface area (Å²) in [6.07, 6.45) is 6.32. The molecule has 1 aromatic heterocycles. The van der Waals surface area contributed by atoms with Crippen LogP contribution in [0.4, 0.5) is 0 Å². The fourth-order valence-corrected chi connectivity index (χ4v) is 3.67. The van der Waals surface area contributed by atoms with E-state index >= 15 is 0 Å². The zero-order chi connectivity index (χ0) is 19.9. The van der Waals surface area contributed by atoms with Gasteiger partial charge in [-0.2, -0.15) is 0 Å². The SMILES string of the molecule is CCNC(=NCc1nccn1Cc1ccccc1)NCC1(c2ccccc2)CC1. The van der Waals surface area contributed by atoms with E-state index in [4.69, 9.17) is 4.99 Å². The lowest BCUT2D eigenvalue weighted by Crippen LogP contribution is -2.41. The standard InChI is InChI=1S/C24H29N5/c1-2-25-23(28-19-24(13-14-24)21-11-7-4-8-12-21)27-17-22-26-15-16-29(22)18-20-9-5-3-6-10-20/h3-12,15-16H,2,13-14,17-19H2,1H3,(H2,25,27,28). The van der Waals surface area contributed by atoms with Crippen molar-refractivity contribution >= 4 is 5.96 Å². The van der Waals surface area contributed by atoms with Crippen LogP contribution in [0.2, 0.25) is 0 Å². The lowest BCUT2D eigenvalue weighted by atomic mass is 9.96. The van der Waals surface area contributed by atoms with Crippen molar-refractivity contribution < 1.29 is 0 Å². The van der Waals surface area contributed by atoms with Crippen LogP contribution in [0.25, 0.3) is 0 Å². The van der Waals surface area contributed by atoms with E-state index in [1.807, 2.05) is 18.5 Å². The van der Waals surface area contributed by atoms with Crippen molar-refractivity contribution in [1.82, 2.24) is 20.2 Å². The molecule has 0 radical (unpaired) electrons. The quantitative estimate of drug-likeness (QED) is 0.458. The van der Waals surface area contributed by atoms with Crippen molar-refractivity contribution in [3.8, 4) is 0 Å². The second-order valence-electron chi connectivity index (χ2n) is 7.65. The number of benzene rings is 2. The van der Waals surface area contributed by atoms with E-state index in [0.29, 0.717) is 6.54 Å². The number of guanidine groups is 1. The second-order valence-corrected chi connectivity index (χ2v) is 7.65. The molecule has 0 saturated heterocycles. The third-order valence-corrected chi connectivity index (χ3v) is 5.55. The Balaban J connectivity index is 1.40. The second kappa shape index (κ2) is 8.95. The maximum atomic E-state index is 4.79. The number of aliphatic imine (C=N–C) groups is 1. The van der Waals surface area contributed by atoms with Crippen molar-refractivity contribution in [2.75, 3.05) is 13.1 Å². The molecule has 0 bridgehead atoms. The number of nitrogens with one attached hydrogen (secondary N) is 2. The fourth-order valence-electron chi connectivity index (χ4n) is 3.67. The molecule has 0 aliphatic heterocycles. The Morgan fingerprint density at radius 1 is 1.03 bits per heavy atom. The van der Waals surface area contributed by atoms with E-state index in [9.17, 15) is 0 Å². The van der Waals surface area contributed by atoms with Gasteiger partial charge in [0.2, 0.25) is 0 Å². The summed E-state index contributed by atoms with van der Waals surface area (Å²) < 4.78 is 2.16. The molecular formula is C24H29N5. The molecule has 1 heterocycles. The van der Waals surface area contributed by atoms with Gasteiger partial charge in [0.1, 0.15) is 12.4 Å². The zero-order valence-electron chi connectivity index (χ0n) is 17.0. The van der Waals surface area contributed by atoms with Crippen molar-refractivity contribution in [2.45, 2.75) is 38.3 Å². The molecule has 4 rings (SSSR count). The van der Waals surface area contributed by atoms with Crippen LogP contribution < -0.4 is 10.6 Å². The number of aromatic nitrogens is 2. The van der Waals surface area contributed by atoms with Gasteiger partial charge in [0.15, 0.2) is 5.96 Å². The smallest absolute Gasteiger partial charge is 0.191 e. The highest BCUT2D eigenvalue weighted by Crippen LogP contribution is 2.47. The van der Waals surface area contributed by atoms with Gasteiger partial charge >= 0.3 is 0 Å². The summed E-state index contributed by atoms with van der Waals surface area (Å²) in [5.41, 5.74) is 2.93. The van der Waals surface area contributed by atoms with Crippen molar-refractivity contribution in [3.63, 3.8) is 0 Å². The van der Waals surface area contributed by atoms with E-state index in [2.05, 4.69) is 81.7 Å². The lowest BCUT2D eigenvalue weighted by Gasteiger charge is -2.19. The third kappa shape index (κ3) is 4.86. The molecule has 0 atom stereocenters. The third-order valence-electron chi connectivity index (χ3n) is 5.55. The molecule has 1 fully saturated rings. The van der Waals surface area contributed by atoms with Gasteiger partial charge in [0.25, 0.3) is 0 Å². The van der Waals surface area contributed by atoms with Gasteiger partial charge < -0.3 is 15.2 Å². The maximum absolute atomic E-state index is 4.79. The average molecular weight is 388 g/mol. The fraction of sp³-hybridized carbons (Fsp3) is 0.333. The zero-order valence-corrected chi connectivity index (χ0v) is 17.0. The van der Waals surface area contributed by atoms with Gasteiger partial charge in [-0.25, -0.2) is 9.98 Å². The maximum Gasteiger partial charge on any atom is 0.191 e. The van der Waals surface area contributed by atoms with Crippen LogP contribution in [0.5, 0.6) is 0 Å². The minimum absolute atomic E-state index is 0.253. The first-order valence-electron chi connectivity index (χ1n) is 10.4. The van der Waals surface area contributed by atoms with Gasteiger partial charge in [-0.3, -0.25) is 0 Å².